The molecule has 1 aromatic carbocycles. The number of nitrogens with zero attached hydrogens (tertiary/aromatic N) is 2. The summed E-state index contributed by atoms with van der Waals surface area (Å²) in [5.74, 6) is 0.791. The maximum absolute atomic E-state index is 12.3. The van der Waals surface area contributed by atoms with Crippen molar-refractivity contribution in [2.75, 3.05) is 6.54 Å². The molecule has 2 aromatic rings. The quantitative estimate of drug-likeness (QED) is 0.915. The molecular weight excluding hydrogens is 333 g/mol. The second kappa shape index (κ2) is 7.04. The lowest BCUT2D eigenvalue weighted by molar-refractivity contribution is 0.241. The smallest absolute Gasteiger partial charge is 0.255 e. The van der Waals surface area contributed by atoms with Crippen molar-refractivity contribution in [1.29, 1.82) is 0 Å². The molecule has 0 bridgehead atoms. The van der Waals surface area contributed by atoms with Gasteiger partial charge in [0.25, 0.3) is 5.56 Å². The van der Waals surface area contributed by atoms with Crippen molar-refractivity contribution in [3.8, 4) is 0 Å². The van der Waals surface area contributed by atoms with Crippen LogP contribution in [0, 0.1) is 0 Å². The van der Waals surface area contributed by atoms with Crippen LogP contribution in [0.25, 0.3) is 0 Å². The number of H-pyrrole nitrogens is 1. The number of hydrogen-bond acceptors (Lipinski definition) is 3. The number of benzene rings is 1. The lowest BCUT2D eigenvalue weighted by Crippen LogP contribution is -2.36. The summed E-state index contributed by atoms with van der Waals surface area (Å²) in [7, 11) is 0. The standard InChI is InChI=1S/C17H19Cl2N3O/c1-2-4-16-20-15-7-8-22(10-12(15)17(23)21-16)9-11-13(18)5-3-6-14(11)19/h3,5-6H,2,4,7-10H2,1H3,(H,20,21,23). The number of fused-ring (bicyclic) bond motifs is 1. The molecule has 0 spiro atoms. The molecule has 2 heterocycles. The Bertz CT molecular complexity index is 753. The topological polar surface area (TPSA) is 49.0 Å². The van der Waals surface area contributed by atoms with Crippen molar-refractivity contribution in [1.82, 2.24) is 14.9 Å². The molecule has 23 heavy (non-hydrogen) atoms. The number of aryl methyl sites for hydroxylation is 1. The van der Waals surface area contributed by atoms with Gasteiger partial charge in [0.2, 0.25) is 0 Å². The number of hydrogen-bond donors (Lipinski definition) is 1. The molecule has 0 saturated heterocycles. The van der Waals surface area contributed by atoms with Crippen molar-refractivity contribution in [3.63, 3.8) is 0 Å². The van der Waals surface area contributed by atoms with Gasteiger partial charge >= 0.3 is 0 Å². The summed E-state index contributed by atoms with van der Waals surface area (Å²) in [5.41, 5.74) is 2.58. The maximum atomic E-state index is 12.3. The highest BCUT2D eigenvalue weighted by atomic mass is 35.5. The fraction of sp³-hybridized carbons (Fsp3) is 0.412. The third-order valence-corrected chi connectivity index (χ3v) is 4.84. The third kappa shape index (κ3) is 3.60. The molecule has 0 saturated carbocycles. The molecule has 6 heteroatoms. The average molecular weight is 352 g/mol. The summed E-state index contributed by atoms with van der Waals surface area (Å²) >= 11 is 12.5. The van der Waals surface area contributed by atoms with Crippen LogP contribution in [0.2, 0.25) is 10.0 Å². The molecule has 122 valence electrons. The van der Waals surface area contributed by atoms with Gasteiger partial charge in [0.05, 0.1) is 11.3 Å². The molecule has 0 aliphatic carbocycles. The summed E-state index contributed by atoms with van der Waals surface area (Å²) in [5, 5.41) is 1.32. The van der Waals surface area contributed by atoms with Gasteiger partial charge in [-0.05, 0) is 18.6 Å². The van der Waals surface area contributed by atoms with Crippen molar-refractivity contribution in [3.05, 3.63) is 61.2 Å². The zero-order valence-electron chi connectivity index (χ0n) is 13.0. The van der Waals surface area contributed by atoms with Gasteiger partial charge in [-0.15, -0.1) is 0 Å². The Morgan fingerprint density at radius 2 is 2.04 bits per heavy atom. The molecule has 1 aromatic heterocycles. The lowest BCUT2D eigenvalue weighted by Gasteiger charge is -2.28. The zero-order chi connectivity index (χ0) is 16.4. The molecule has 1 N–H and O–H groups in total. The monoisotopic (exact) mass is 351 g/mol. The van der Waals surface area contributed by atoms with Crippen LogP contribution in [0.4, 0.5) is 0 Å². The predicted octanol–water partition coefficient (Wildman–Crippen LogP) is 3.59. The second-order valence-electron chi connectivity index (χ2n) is 5.85. The van der Waals surface area contributed by atoms with Crippen LogP contribution in [0.5, 0.6) is 0 Å². The van der Waals surface area contributed by atoms with Gasteiger partial charge in [0, 0.05) is 48.1 Å². The SMILES string of the molecule is CCCc1nc2c(c(=O)[nH]1)CN(Cc1c(Cl)cccc1Cl)CC2. The van der Waals surface area contributed by atoms with Crippen LogP contribution in [0.15, 0.2) is 23.0 Å². The van der Waals surface area contributed by atoms with Crippen LogP contribution in [-0.2, 0) is 25.9 Å². The summed E-state index contributed by atoms with van der Waals surface area (Å²) in [6, 6.07) is 5.52. The van der Waals surface area contributed by atoms with Gasteiger partial charge in [-0.3, -0.25) is 9.69 Å². The van der Waals surface area contributed by atoms with E-state index >= 15 is 0 Å². The molecule has 0 atom stereocenters. The Balaban J connectivity index is 1.82. The maximum Gasteiger partial charge on any atom is 0.255 e. The minimum atomic E-state index is -0.0200. The first-order valence-corrected chi connectivity index (χ1v) is 8.60. The zero-order valence-corrected chi connectivity index (χ0v) is 14.5. The molecular formula is C17H19Cl2N3O. The van der Waals surface area contributed by atoms with Crippen molar-refractivity contribution < 1.29 is 0 Å². The van der Waals surface area contributed by atoms with Crippen molar-refractivity contribution >= 4 is 23.2 Å². The molecule has 1 aliphatic heterocycles. The fourth-order valence-electron chi connectivity index (χ4n) is 2.93. The van der Waals surface area contributed by atoms with Gasteiger partial charge in [0.1, 0.15) is 5.82 Å². The van der Waals surface area contributed by atoms with E-state index in [1.54, 1.807) is 0 Å². The van der Waals surface area contributed by atoms with Crippen LogP contribution >= 0.6 is 23.2 Å². The van der Waals surface area contributed by atoms with E-state index in [0.29, 0.717) is 23.1 Å². The highest BCUT2D eigenvalue weighted by Crippen LogP contribution is 2.27. The Morgan fingerprint density at radius 3 is 2.74 bits per heavy atom. The van der Waals surface area contributed by atoms with E-state index in [4.69, 9.17) is 23.2 Å². The van der Waals surface area contributed by atoms with Gasteiger partial charge in [0.15, 0.2) is 0 Å². The van der Waals surface area contributed by atoms with E-state index < -0.39 is 0 Å². The Hall–Kier alpha value is -1.36. The molecule has 4 nitrogen and oxygen atoms in total. The van der Waals surface area contributed by atoms with E-state index in [2.05, 4.69) is 21.8 Å². The first-order chi connectivity index (χ1) is 11.1. The molecule has 3 rings (SSSR count). The Morgan fingerprint density at radius 1 is 1.30 bits per heavy atom. The van der Waals surface area contributed by atoms with E-state index in [1.165, 1.54) is 0 Å². The van der Waals surface area contributed by atoms with Crippen LogP contribution < -0.4 is 5.56 Å². The average Bonchev–Trinajstić information content (AvgIpc) is 2.52. The van der Waals surface area contributed by atoms with E-state index in [9.17, 15) is 4.79 Å². The van der Waals surface area contributed by atoms with Crippen molar-refractivity contribution in [2.24, 2.45) is 0 Å². The van der Waals surface area contributed by atoms with Gasteiger partial charge in [-0.1, -0.05) is 36.2 Å². The minimum Gasteiger partial charge on any atom is -0.310 e. The van der Waals surface area contributed by atoms with Crippen molar-refractivity contribution in [2.45, 2.75) is 39.3 Å². The number of rotatable bonds is 4. The Kier molecular flexibility index (Phi) is 5.05. The molecule has 0 fully saturated rings. The van der Waals surface area contributed by atoms with E-state index in [0.717, 1.165) is 48.5 Å². The summed E-state index contributed by atoms with van der Waals surface area (Å²) in [6.07, 6.45) is 2.55. The van der Waals surface area contributed by atoms with Gasteiger partial charge < -0.3 is 4.98 Å². The summed E-state index contributed by atoms with van der Waals surface area (Å²) < 4.78 is 0. The first kappa shape index (κ1) is 16.5. The van der Waals surface area contributed by atoms with Crippen LogP contribution in [0.3, 0.4) is 0 Å². The fourth-order valence-corrected chi connectivity index (χ4v) is 3.45. The second-order valence-corrected chi connectivity index (χ2v) is 6.66. The number of nitrogens with one attached hydrogen (secondary N) is 1. The summed E-state index contributed by atoms with van der Waals surface area (Å²) in [6.45, 7) is 4.13. The lowest BCUT2D eigenvalue weighted by atomic mass is 10.1. The molecule has 0 amide bonds. The largest absolute Gasteiger partial charge is 0.310 e. The predicted molar refractivity (Wildman–Crippen MR) is 93.1 cm³/mol. The number of aromatic amines is 1. The van der Waals surface area contributed by atoms with E-state index in [-0.39, 0.29) is 5.56 Å². The minimum absolute atomic E-state index is 0.0200. The van der Waals surface area contributed by atoms with Crippen LogP contribution in [-0.4, -0.2) is 21.4 Å². The number of aromatic nitrogens is 2. The summed E-state index contributed by atoms with van der Waals surface area (Å²) in [4.78, 5) is 22.0. The van der Waals surface area contributed by atoms with Gasteiger partial charge in [-0.2, -0.15) is 0 Å². The third-order valence-electron chi connectivity index (χ3n) is 4.13. The van der Waals surface area contributed by atoms with Crippen LogP contribution in [0.1, 0.15) is 36.0 Å². The first-order valence-electron chi connectivity index (χ1n) is 7.84. The van der Waals surface area contributed by atoms with E-state index in [1.807, 2.05) is 18.2 Å². The highest BCUT2D eigenvalue weighted by molar-refractivity contribution is 6.35. The molecule has 0 unspecified atom stereocenters. The molecule has 0 radical (unpaired) electrons. The van der Waals surface area contributed by atoms with Gasteiger partial charge in [-0.25, -0.2) is 4.98 Å². The molecule has 1 aliphatic rings. The Labute approximate surface area is 145 Å². The normalized spacial score (nSPS) is 14.7. The highest BCUT2D eigenvalue weighted by Gasteiger charge is 2.22. The number of halogens is 2.